The van der Waals surface area contributed by atoms with Gasteiger partial charge in [0.15, 0.2) is 5.69 Å². The first-order valence-corrected chi connectivity index (χ1v) is 8.87. The summed E-state index contributed by atoms with van der Waals surface area (Å²) < 4.78 is 51.1. The molecule has 0 aliphatic carbocycles. The van der Waals surface area contributed by atoms with E-state index < -0.39 is 29.1 Å². The summed E-state index contributed by atoms with van der Waals surface area (Å²) in [6.07, 6.45) is -3.87. The third-order valence-electron chi connectivity index (χ3n) is 3.70. The van der Waals surface area contributed by atoms with Crippen molar-refractivity contribution < 1.29 is 27.4 Å². The summed E-state index contributed by atoms with van der Waals surface area (Å²) in [5, 5.41) is 6.38. The van der Waals surface area contributed by atoms with Crippen molar-refractivity contribution in [1.29, 1.82) is 0 Å². The molecule has 0 saturated heterocycles. The van der Waals surface area contributed by atoms with E-state index in [1.165, 1.54) is 18.0 Å². The Morgan fingerprint density at radius 3 is 2.31 bits per heavy atom. The molecule has 0 aliphatic heterocycles. The molecule has 0 aromatic carbocycles. The van der Waals surface area contributed by atoms with Crippen LogP contribution in [0.25, 0.3) is 11.3 Å². The monoisotopic (exact) mass is 414 g/mol. The summed E-state index contributed by atoms with van der Waals surface area (Å²) in [6.45, 7) is 8.47. The predicted molar refractivity (Wildman–Crippen MR) is 100 cm³/mol. The lowest BCUT2D eigenvalue weighted by Gasteiger charge is -2.29. The summed E-state index contributed by atoms with van der Waals surface area (Å²) in [6, 6.07) is 4.09. The molecule has 2 aromatic rings. The van der Waals surface area contributed by atoms with Gasteiger partial charge in [0.1, 0.15) is 5.60 Å². The number of alkyl halides is 3. The Kier molecular flexibility index (Phi) is 6.15. The van der Waals surface area contributed by atoms with Gasteiger partial charge >= 0.3 is 12.3 Å². The second kappa shape index (κ2) is 7.92. The van der Waals surface area contributed by atoms with Crippen molar-refractivity contribution in [2.75, 3.05) is 7.11 Å². The number of methoxy groups -OCH3 is 1. The van der Waals surface area contributed by atoms with E-state index in [2.05, 4.69) is 15.4 Å². The molecular formula is C19H25F3N4O3. The number of carbonyl (C=O) groups is 1. The van der Waals surface area contributed by atoms with Crippen molar-refractivity contribution in [1.82, 2.24) is 20.1 Å². The minimum atomic E-state index is -4.61. The van der Waals surface area contributed by atoms with Crippen molar-refractivity contribution in [3.8, 4) is 17.1 Å². The van der Waals surface area contributed by atoms with Crippen LogP contribution < -0.4 is 10.1 Å². The molecule has 29 heavy (non-hydrogen) atoms. The smallest absolute Gasteiger partial charge is 0.435 e. The Hall–Kier alpha value is -2.78. The van der Waals surface area contributed by atoms with Gasteiger partial charge < -0.3 is 14.8 Å². The van der Waals surface area contributed by atoms with E-state index in [-0.39, 0.29) is 12.2 Å². The molecule has 2 heterocycles. The average Bonchev–Trinajstić information content (AvgIpc) is 2.95. The molecule has 1 N–H and O–H groups in total. The number of hydrogen-bond donors (Lipinski definition) is 1. The number of pyridine rings is 1. The fourth-order valence-electron chi connectivity index (χ4n) is 2.55. The van der Waals surface area contributed by atoms with Gasteiger partial charge in [0.25, 0.3) is 0 Å². The number of aromatic nitrogens is 3. The van der Waals surface area contributed by atoms with Crippen molar-refractivity contribution in [2.24, 2.45) is 0 Å². The zero-order valence-corrected chi connectivity index (χ0v) is 17.2. The zero-order valence-electron chi connectivity index (χ0n) is 17.2. The Morgan fingerprint density at radius 2 is 1.83 bits per heavy atom. The summed E-state index contributed by atoms with van der Waals surface area (Å²) in [4.78, 5) is 16.1. The number of ether oxygens (including phenoxy) is 2. The maximum Gasteiger partial charge on any atom is 0.435 e. The van der Waals surface area contributed by atoms with E-state index in [1.54, 1.807) is 46.8 Å². The molecule has 0 bridgehead atoms. The van der Waals surface area contributed by atoms with Gasteiger partial charge in [-0.3, -0.25) is 4.68 Å². The number of nitrogens with one attached hydrogen (secondary N) is 1. The minimum Gasteiger partial charge on any atom is -0.481 e. The number of rotatable bonds is 5. The van der Waals surface area contributed by atoms with Gasteiger partial charge in [-0.25, -0.2) is 9.78 Å². The molecule has 7 nitrogen and oxygen atoms in total. The summed E-state index contributed by atoms with van der Waals surface area (Å²) in [7, 11) is 1.44. The molecule has 0 radical (unpaired) electrons. The van der Waals surface area contributed by atoms with Crippen LogP contribution in [-0.2, 0) is 17.5 Å². The Labute approximate surface area is 167 Å². The van der Waals surface area contributed by atoms with Crippen molar-refractivity contribution in [3.05, 3.63) is 30.1 Å². The number of hydrogen-bond acceptors (Lipinski definition) is 5. The number of nitrogens with zero attached hydrogens (tertiary/aromatic N) is 3. The van der Waals surface area contributed by atoms with Gasteiger partial charge in [0.05, 0.1) is 24.9 Å². The first kappa shape index (κ1) is 22.5. The van der Waals surface area contributed by atoms with Gasteiger partial charge in [-0.1, -0.05) is 0 Å². The van der Waals surface area contributed by atoms with E-state index in [0.29, 0.717) is 11.4 Å². The zero-order chi connectivity index (χ0) is 22.0. The molecule has 0 spiro atoms. The Balaban J connectivity index is 2.34. The Bertz CT molecular complexity index is 853. The predicted octanol–water partition coefficient (Wildman–Crippen LogP) is 4.28. The third kappa shape index (κ3) is 6.37. The molecular weight excluding hydrogens is 389 g/mol. The van der Waals surface area contributed by atoms with Crippen LogP contribution in [0.4, 0.5) is 18.0 Å². The van der Waals surface area contributed by atoms with Crippen LogP contribution in [0.3, 0.4) is 0 Å². The topological polar surface area (TPSA) is 78.3 Å². The van der Waals surface area contributed by atoms with Crippen LogP contribution in [0.2, 0.25) is 0 Å². The molecule has 0 atom stereocenters. The van der Waals surface area contributed by atoms with E-state index in [1.807, 2.05) is 0 Å². The highest BCUT2D eigenvalue weighted by molar-refractivity contribution is 5.68. The minimum absolute atomic E-state index is 0.0241. The summed E-state index contributed by atoms with van der Waals surface area (Å²) >= 11 is 0. The fraction of sp³-hybridized carbons (Fsp3) is 0.526. The molecule has 2 aromatic heterocycles. The van der Waals surface area contributed by atoms with Gasteiger partial charge in [-0.05, 0) is 46.8 Å². The first-order valence-electron chi connectivity index (χ1n) is 8.87. The fourth-order valence-corrected chi connectivity index (χ4v) is 2.55. The molecule has 1 amide bonds. The standard InChI is InChI=1S/C19H25F3N4O3/c1-17(2,3)29-16(27)24-18(4,5)11-26-13(9-14(25-26)19(20,21)22)12-7-8-15(28-6)23-10-12/h7-10H,11H2,1-6H3,(H,24,27). The SMILES string of the molecule is COc1ccc(-c2cc(C(F)(F)F)nn2CC(C)(C)NC(=O)OC(C)(C)C)cn1. The first-order chi connectivity index (χ1) is 13.2. The van der Waals surface area contributed by atoms with Gasteiger partial charge in [0.2, 0.25) is 5.88 Å². The van der Waals surface area contributed by atoms with E-state index >= 15 is 0 Å². The van der Waals surface area contributed by atoms with Crippen LogP contribution in [0, 0.1) is 0 Å². The normalized spacial score (nSPS) is 12.6. The number of alkyl carbamates (subject to hydrolysis) is 1. The number of amides is 1. The lowest BCUT2D eigenvalue weighted by molar-refractivity contribution is -0.141. The molecule has 10 heteroatoms. The van der Waals surface area contributed by atoms with Crippen molar-refractivity contribution in [2.45, 2.75) is 58.5 Å². The number of carbonyl (C=O) groups excluding carboxylic acids is 1. The Morgan fingerprint density at radius 1 is 1.17 bits per heavy atom. The van der Waals surface area contributed by atoms with Gasteiger partial charge in [0, 0.05) is 17.8 Å². The molecule has 0 unspecified atom stereocenters. The van der Waals surface area contributed by atoms with Crippen LogP contribution in [0.1, 0.15) is 40.3 Å². The van der Waals surface area contributed by atoms with Crippen LogP contribution in [0.15, 0.2) is 24.4 Å². The van der Waals surface area contributed by atoms with E-state index in [9.17, 15) is 18.0 Å². The third-order valence-corrected chi connectivity index (χ3v) is 3.70. The highest BCUT2D eigenvalue weighted by Gasteiger charge is 2.36. The van der Waals surface area contributed by atoms with E-state index in [4.69, 9.17) is 9.47 Å². The molecule has 2 rings (SSSR count). The second-order valence-electron chi connectivity index (χ2n) is 8.17. The molecule has 0 aliphatic rings. The maximum absolute atomic E-state index is 13.2. The molecule has 160 valence electrons. The van der Waals surface area contributed by atoms with Crippen LogP contribution in [0.5, 0.6) is 5.88 Å². The van der Waals surface area contributed by atoms with Gasteiger partial charge in [-0.2, -0.15) is 18.3 Å². The lowest BCUT2D eigenvalue weighted by atomic mass is 10.1. The summed E-state index contributed by atoms with van der Waals surface area (Å²) in [5.41, 5.74) is -2.02. The highest BCUT2D eigenvalue weighted by atomic mass is 19.4. The lowest BCUT2D eigenvalue weighted by Crippen LogP contribution is -2.48. The van der Waals surface area contributed by atoms with Crippen LogP contribution >= 0.6 is 0 Å². The van der Waals surface area contributed by atoms with E-state index in [0.717, 1.165) is 6.07 Å². The summed E-state index contributed by atoms with van der Waals surface area (Å²) in [5.74, 6) is 0.336. The largest absolute Gasteiger partial charge is 0.481 e. The highest BCUT2D eigenvalue weighted by Crippen LogP contribution is 2.32. The van der Waals surface area contributed by atoms with Crippen molar-refractivity contribution in [3.63, 3.8) is 0 Å². The number of halogens is 3. The van der Waals surface area contributed by atoms with Crippen LogP contribution in [-0.4, -0.2) is 39.1 Å². The van der Waals surface area contributed by atoms with Crippen molar-refractivity contribution >= 4 is 6.09 Å². The molecule has 0 saturated carbocycles. The average molecular weight is 414 g/mol. The maximum atomic E-state index is 13.2. The second-order valence-corrected chi connectivity index (χ2v) is 8.17. The quantitative estimate of drug-likeness (QED) is 0.790. The van der Waals surface area contributed by atoms with Gasteiger partial charge in [-0.15, -0.1) is 0 Å². The molecule has 0 fully saturated rings.